The summed E-state index contributed by atoms with van der Waals surface area (Å²) in [5.74, 6) is 1.77. The Morgan fingerprint density at radius 1 is 0.964 bits per heavy atom. The minimum absolute atomic E-state index is 0.138. The van der Waals surface area contributed by atoms with Crippen LogP contribution in [0.3, 0.4) is 0 Å². The summed E-state index contributed by atoms with van der Waals surface area (Å²) in [6, 6.07) is 18.3. The zero-order valence-electron chi connectivity index (χ0n) is 16.1. The number of nitrogens with one attached hydrogen (secondary N) is 2. The van der Waals surface area contributed by atoms with Gasteiger partial charge in [0, 0.05) is 5.69 Å². The molecule has 6 heteroatoms. The zero-order chi connectivity index (χ0) is 19.9. The van der Waals surface area contributed by atoms with Gasteiger partial charge < -0.3 is 20.1 Å². The molecule has 0 saturated carbocycles. The Hall–Kier alpha value is -3.54. The van der Waals surface area contributed by atoms with E-state index in [1.54, 1.807) is 36.5 Å². The number of pyridine rings is 1. The average molecular weight is 377 g/mol. The molecular weight excluding hydrogens is 354 g/mol. The van der Waals surface area contributed by atoms with E-state index in [-0.39, 0.29) is 12.0 Å². The van der Waals surface area contributed by atoms with Crippen molar-refractivity contribution in [2.75, 3.05) is 17.7 Å². The van der Waals surface area contributed by atoms with Crippen LogP contribution < -0.4 is 20.1 Å². The third-order valence-corrected chi connectivity index (χ3v) is 3.87. The van der Waals surface area contributed by atoms with Crippen molar-refractivity contribution >= 4 is 23.1 Å². The molecule has 144 valence electrons. The maximum atomic E-state index is 12.4. The molecule has 0 saturated heterocycles. The first-order chi connectivity index (χ1) is 13.5. The van der Waals surface area contributed by atoms with Crippen LogP contribution >= 0.6 is 0 Å². The fourth-order valence-electron chi connectivity index (χ4n) is 2.61. The van der Waals surface area contributed by atoms with Gasteiger partial charge in [0.1, 0.15) is 17.3 Å². The summed E-state index contributed by atoms with van der Waals surface area (Å²) in [4.78, 5) is 16.8. The predicted molar refractivity (Wildman–Crippen MR) is 111 cm³/mol. The molecule has 0 spiro atoms. The molecule has 0 fully saturated rings. The van der Waals surface area contributed by atoms with Crippen molar-refractivity contribution in [3.8, 4) is 11.5 Å². The molecule has 0 bridgehead atoms. The van der Waals surface area contributed by atoms with E-state index in [1.165, 1.54) is 7.11 Å². The van der Waals surface area contributed by atoms with Crippen LogP contribution in [0.4, 0.5) is 17.2 Å². The molecule has 0 aliphatic carbocycles. The number of ether oxygens (including phenoxy) is 2. The van der Waals surface area contributed by atoms with Gasteiger partial charge in [-0.3, -0.25) is 4.79 Å². The second kappa shape index (κ2) is 8.90. The monoisotopic (exact) mass is 377 g/mol. The predicted octanol–water partition coefficient (Wildman–Crippen LogP) is 4.87. The number of hydrogen-bond donors (Lipinski definition) is 2. The quantitative estimate of drug-likeness (QED) is 0.614. The van der Waals surface area contributed by atoms with E-state index >= 15 is 0 Å². The van der Waals surface area contributed by atoms with Crippen molar-refractivity contribution in [3.05, 3.63) is 72.4 Å². The van der Waals surface area contributed by atoms with Crippen molar-refractivity contribution in [3.63, 3.8) is 0 Å². The van der Waals surface area contributed by atoms with Crippen LogP contribution in [0.25, 0.3) is 0 Å². The fourth-order valence-corrected chi connectivity index (χ4v) is 2.61. The van der Waals surface area contributed by atoms with Crippen molar-refractivity contribution in [2.45, 2.75) is 20.0 Å². The summed E-state index contributed by atoms with van der Waals surface area (Å²) < 4.78 is 10.9. The second-order valence-electron chi connectivity index (χ2n) is 6.40. The van der Waals surface area contributed by atoms with Crippen LogP contribution in [0.15, 0.2) is 66.9 Å². The largest absolute Gasteiger partial charge is 0.496 e. The van der Waals surface area contributed by atoms with Crippen LogP contribution in [0.5, 0.6) is 11.5 Å². The molecule has 1 aromatic heterocycles. The van der Waals surface area contributed by atoms with E-state index in [9.17, 15) is 4.79 Å². The van der Waals surface area contributed by atoms with Gasteiger partial charge in [-0.1, -0.05) is 12.1 Å². The van der Waals surface area contributed by atoms with Crippen molar-refractivity contribution < 1.29 is 14.3 Å². The maximum absolute atomic E-state index is 12.4. The minimum Gasteiger partial charge on any atom is -0.496 e. The summed E-state index contributed by atoms with van der Waals surface area (Å²) in [6.45, 7) is 3.98. The molecule has 6 nitrogen and oxygen atoms in total. The molecule has 0 aliphatic heterocycles. The highest BCUT2D eigenvalue weighted by atomic mass is 16.5. The number of aromatic nitrogens is 1. The Balaban J connectivity index is 1.62. The van der Waals surface area contributed by atoms with Gasteiger partial charge in [0.2, 0.25) is 0 Å². The van der Waals surface area contributed by atoms with Crippen LogP contribution in [-0.4, -0.2) is 24.1 Å². The van der Waals surface area contributed by atoms with Crippen LogP contribution in [0.1, 0.15) is 24.2 Å². The third kappa shape index (κ3) is 5.01. The first kappa shape index (κ1) is 19.2. The Labute approximate surface area is 164 Å². The highest BCUT2D eigenvalue weighted by Gasteiger charge is 2.11. The molecule has 2 N–H and O–H groups in total. The lowest BCUT2D eigenvalue weighted by Gasteiger charge is -2.11. The highest BCUT2D eigenvalue weighted by molar-refractivity contribution is 6.06. The lowest BCUT2D eigenvalue weighted by molar-refractivity contribution is 0.102. The lowest BCUT2D eigenvalue weighted by Crippen LogP contribution is -2.13. The summed E-state index contributed by atoms with van der Waals surface area (Å²) in [7, 11) is 1.54. The Morgan fingerprint density at radius 2 is 1.68 bits per heavy atom. The SMILES string of the molecule is COc1ccccc1C(=O)Nc1ccc(Nc2ccc(OC(C)C)cc2)nc1. The Bertz CT molecular complexity index is 923. The minimum atomic E-state index is -0.249. The van der Waals surface area contributed by atoms with Crippen molar-refractivity contribution in [1.29, 1.82) is 0 Å². The molecule has 28 heavy (non-hydrogen) atoms. The third-order valence-electron chi connectivity index (χ3n) is 3.87. The topological polar surface area (TPSA) is 72.5 Å². The number of anilines is 3. The number of methoxy groups -OCH3 is 1. The maximum Gasteiger partial charge on any atom is 0.259 e. The Kier molecular flexibility index (Phi) is 6.11. The number of nitrogens with zero attached hydrogens (tertiary/aromatic N) is 1. The molecule has 0 radical (unpaired) electrons. The fraction of sp³-hybridized carbons (Fsp3) is 0.182. The van der Waals surface area contributed by atoms with Gasteiger partial charge in [-0.2, -0.15) is 0 Å². The number of amides is 1. The molecule has 3 rings (SSSR count). The smallest absolute Gasteiger partial charge is 0.259 e. The average Bonchev–Trinajstić information content (AvgIpc) is 2.70. The highest BCUT2D eigenvalue weighted by Crippen LogP contribution is 2.22. The standard InChI is InChI=1S/C22H23N3O3/c1-15(2)28-18-11-8-16(9-12-18)24-21-13-10-17(14-23-21)25-22(26)19-6-4-5-7-20(19)27-3/h4-15H,1-3H3,(H,23,24)(H,25,26). The van der Waals surface area contributed by atoms with E-state index in [4.69, 9.17) is 9.47 Å². The number of carbonyl (C=O) groups is 1. The summed E-state index contributed by atoms with van der Waals surface area (Å²) in [5.41, 5.74) is 1.97. The van der Waals surface area contributed by atoms with Crippen LogP contribution in [0, 0.1) is 0 Å². The summed E-state index contributed by atoms with van der Waals surface area (Å²) >= 11 is 0. The number of hydrogen-bond acceptors (Lipinski definition) is 5. The summed E-state index contributed by atoms with van der Waals surface area (Å²) in [6.07, 6.45) is 1.74. The molecule has 1 amide bonds. The second-order valence-corrected chi connectivity index (χ2v) is 6.40. The molecule has 1 heterocycles. The molecular formula is C22H23N3O3. The van der Waals surface area contributed by atoms with Gasteiger partial charge >= 0.3 is 0 Å². The molecule has 2 aromatic carbocycles. The number of carbonyl (C=O) groups excluding carboxylic acids is 1. The van der Waals surface area contributed by atoms with Gasteiger partial charge in [0.15, 0.2) is 0 Å². The first-order valence-corrected chi connectivity index (χ1v) is 8.99. The summed E-state index contributed by atoms with van der Waals surface area (Å²) in [5, 5.41) is 6.04. The van der Waals surface area contributed by atoms with E-state index in [0.29, 0.717) is 22.8 Å². The van der Waals surface area contributed by atoms with E-state index < -0.39 is 0 Å². The van der Waals surface area contributed by atoms with Crippen molar-refractivity contribution in [1.82, 2.24) is 4.98 Å². The van der Waals surface area contributed by atoms with Gasteiger partial charge in [0.05, 0.1) is 30.7 Å². The van der Waals surface area contributed by atoms with Gasteiger partial charge in [-0.25, -0.2) is 4.98 Å². The van der Waals surface area contributed by atoms with E-state index in [1.807, 2.05) is 44.2 Å². The molecule has 0 unspecified atom stereocenters. The zero-order valence-corrected chi connectivity index (χ0v) is 16.1. The van der Waals surface area contributed by atoms with Gasteiger partial charge in [0.25, 0.3) is 5.91 Å². The number of benzene rings is 2. The number of para-hydroxylation sites is 1. The number of rotatable bonds is 7. The molecule has 3 aromatic rings. The first-order valence-electron chi connectivity index (χ1n) is 8.99. The van der Waals surface area contributed by atoms with Gasteiger partial charge in [-0.05, 0) is 62.4 Å². The molecule has 0 aliphatic rings. The van der Waals surface area contributed by atoms with Crippen LogP contribution in [-0.2, 0) is 0 Å². The van der Waals surface area contributed by atoms with Gasteiger partial charge in [-0.15, -0.1) is 0 Å². The van der Waals surface area contributed by atoms with E-state index in [0.717, 1.165) is 11.4 Å². The lowest BCUT2D eigenvalue weighted by atomic mass is 10.2. The van der Waals surface area contributed by atoms with E-state index in [2.05, 4.69) is 15.6 Å². The van der Waals surface area contributed by atoms with Crippen LogP contribution in [0.2, 0.25) is 0 Å². The molecule has 0 atom stereocenters. The van der Waals surface area contributed by atoms with Crippen molar-refractivity contribution in [2.24, 2.45) is 0 Å². The normalized spacial score (nSPS) is 10.4. The Morgan fingerprint density at radius 3 is 2.32 bits per heavy atom.